The highest BCUT2D eigenvalue weighted by molar-refractivity contribution is 7.81. The highest BCUT2D eigenvalue weighted by Crippen LogP contribution is 2.46. The zero-order valence-corrected chi connectivity index (χ0v) is 38.5. The molecular weight excluding hydrogens is 848 g/mol. The second-order valence-corrected chi connectivity index (χ2v) is 18.4. The van der Waals surface area contributed by atoms with Crippen LogP contribution in [-0.2, 0) is 0 Å². The molecule has 0 fully saturated rings. The highest BCUT2D eigenvalue weighted by atomic mass is 32.1. The molecule has 8 rings (SSSR count). The van der Waals surface area contributed by atoms with E-state index in [4.69, 9.17) is 55.5 Å². The van der Waals surface area contributed by atoms with Crippen LogP contribution in [0.4, 0.5) is 39.6 Å². The molecule has 10 nitrogen and oxygen atoms in total. The SMILES string of the molecule is Bc1nn(-c2nc3ccc(S)cc3s2)c(N=Nc2c(C)cc(N(c3nc4ccc(S)cc4s3)c3c(C)cc(C)c(S)c3C)nc2Nc2c(C)cc(C)c(S)c2C)c1C#N. The summed E-state index contributed by atoms with van der Waals surface area (Å²) >= 11 is 21.9. The fourth-order valence-corrected chi connectivity index (χ4v) is 10.1. The standard InChI is InChI=1S/C42H37BN10S6/c1-18-12-21(4)36(56)23(6)33(18)48-39-34(49-50-40-27(17-44)38(43)51-53(40)42-46-29-11-9-26(55)16-31(29)59-42)19(2)14-32(47-39)52(35-20(3)13-22(5)37(57)24(35)7)41-45-28-10-8-25(54)15-30(28)58-41/h8-16,54-57H,43H2,1-7H3,(H,47,48). The number of aromatic nitrogens is 5. The molecule has 0 spiro atoms. The molecular formula is C42H37BN10S6. The summed E-state index contributed by atoms with van der Waals surface area (Å²) in [4.78, 5) is 20.9. The minimum Gasteiger partial charge on any atom is -0.338 e. The molecule has 0 aliphatic heterocycles. The van der Waals surface area contributed by atoms with Crippen LogP contribution in [0.15, 0.2) is 84.4 Å². The Labute approximate surface area is 372 Å². The normalized spacial score (nSPS) is 11.6. The Morgan fingerprint density at radius 1 is 0.729 bits per heavy atom. The molecule has 8 aromatic rings. The van der Waals surface area contributed by atoms with E-state index in [1.807, 2.05) is 63.2 Å². The van der Waals surface area contributed by atoms with Gasteiger partial charge in [-0.2, -0.15) is 15.0 Å². The van der Waals surface area contributed by atoms with Crippen molar-refractivity contribution in [2.45, 2.75) is 68.0 Å². The van der Waals surface area contributed by atoms with Gasteiger partial charge in [0.15, 0.2) is 24.6 Å². The first kappa shape index (κ1) is 40.9. The Morgan fingerprint density at radius 3 is 2.03 bits per heavy atom. The van der Waals surface area contributed by atoms with Crippen molar-refractivity contribution in [2.24, 2.45) is 10.2 Å². The van der Waals surface area contributed by atoms with E-state index in [-0.39, 0.29) is 5.82 Å². The Kier molecular flexibility index (Phi) is 11.1. The first-order valence-corrected chi connectivity index (χ1v) is 21.8. The van der Waals surface area contributed by atoms with E-state index < -0.39 is 0 Å². The van der Waals surface area contributed by atoms with E-state index >= 15 is 0 Å². The van der Waals surface area contributed by atoms with Crippen molar-refractivity contribution >= 4 is 147 Å². The Morgan fingerprint density at radius 2 is 1.36 bits per heavy atom. The molecule has 17 heteroatoms. The van der Waals surface area contributed by atoms with Crippen LogP contribution in [0, 0.1) is 59.8 Å². The van der Waals surface area contributed by atoms with Gasteiger partial charge in [0.05, 0.1) is 26.1 Å². The van der Waals surface area contributed by atoms with Crippen LogP contribution in [-0.4, -0.2) is 32.6 Å². The lowest BCUT2D eigenvalue weighted by Crippen LogP contribution is -2.16. The maximum Gasteiger partial charge on any atom is 0.213 e. The predicted molar refractivity (Wildman–Crippen MR) is 258 cm³/mol. The van der Waals surface area contributed by atoms with Crippen LogP contribution in [0.3, 0.4) is 0 Å². The lowest BCUT2D eigenvalue weighted by atomic mass is 10.0. The largest absolute Gasteiger partial charge is 0.338 e. The summed E-state index contributed by atoms with van der Waals surface area (Å²) in [5.41, 5.74) is 11.7. The number of nitriles is 1. The van der Waals surface area contributed by atoms with Gasteiger partial charge in [0.1, 0.15) is 23.1 Å². The molecule has 0 saturated carbocycles. The molecule has 4 aromatic carbocycles. The van der Waals surface area contributed by atoms with Crippen LogP contribution < -0.4 is 15.8 Å². The summed E-state index contributed by atoms with van der Waals surface area (Å²) in [5, 5.41) is 29.6. The van der Waals surface area contributed by atoms with Gasteiger partial charge < -0.3 is 5.32 Å². The van der Waals surface area contributed by atoms with Gasteiger partial charge in [-0.1, -0.05) is 34.8 Å². The van der Waals surface area contributed by atoms with Crippen LogP contribution in [0.25, 0.3) is 25.6 Å². The van der Waals surface area contributed by atoms with Crippen LogP contribution in [0.5, 0.6) is 0 Å². The predicted octanol–water partition coefficient (Wildman–Crippen LogP) is 11.6. The Bertz CT molecular complexity index is 3110. The van der Waals surface area contributed by atoms with Crippen LogP contribution >= 0.6 is 73.2 Å². The maximum absolute atomic E-state index is 10.3. The topological polar surface area (TPSA) is 120 Å². The lowest BCUT2D eigenvalue weighted by Gasteiger charge is -2.27. The molecule has 59 heavy (non-hydrogen) atoms. The second-order valence-electron chi connectivity index (χ2n) is 14.5. The summed E-state index contributed by atoms with van der Waals surface area (Å²) in [6.45, 7) is 14.3. The summed E-state index contributed by atoms with van der Waals surface area (Å²) in [6.07, 6.45) is 0. The number of anilines is 5. The maximum atomic E-state index is 10.3. The summed E-state index contributed by atoms with van der Waals surface area (Å²) in [6, 6.07) is 20.2. The minimum atomic E-state index is 0.261. The van der Waals surface area contributed by atoms with E-state index in [9.17, 15) is 5.26 Å². The fraction of sp³-hybridized carbons (Fsp3) is 0.167. The van der Waals surface area contributed by atoms with Crippen molar-refractivity contribution in [3.63, 3.8) is 0 Å². The van der Waals surface area contributed by atoms with Crippen LogP contribution in [0.2, 0.25) is 0 Å². The summed E-state index contributed by atoms with van der Waals surface area (Å²) in [7, 11) is 1.78. The molecule has 0 saturated heterocycles. The third kappa shape index (κ3) is 7.51. The lowest BCUT2D eigenvalue weighted by molar-refractivity contribution is 0.872. The van der Waals surface area contributed by atoms with Crippen molar-refractivity contribution in [2.75, 3.05) is 10.2 Å². The second kappa shape index (κ2) is 16.0. The van der Waals surface area contributed by atoms with E-state index in [1.54, 1.807) is 23.9 Å². The highest BCUT2D eigenvalue weighted by Gasteiger charge is 2.27. The van der Waals surface area contributed by atoms with Gasteiger partial charge in [0.2, 0.25) is 5.13 Å². The minimum absolute atomic E-state index is 0.261. The first-order chi connectivity index (χ1) is 28.1. The molecule has 4 aromatic heterocycles. The number of hydrogen-bond acceptors (Lipinski definition) is 15. The van der Waals surface area contributed by atoms with Gasteiger partial charge in [-0.25, -0.2) is 15.0 Å². The van der Waals surface area contributed by atoms with Gasteiger partial charge >= 0.3 is 0 Å². The average molecular weight is 885 g/mol. The van der Waals surface area contributed by atoms with Gasteiger partial charge in [-0.05, 0) is 130 Å². The molecule has 0 amide bonds. The van der Waals surface area contributed by atoms with Gasteiger partial charge in [-0.15, -0.1) is 60.7 Å². The van der Waals surface area contributed by atoms with E-state index in [0.717, 1.165) is 95.5 Å². The van der Waals surface area contributed by atoms with Crippen molar-refractivity contribution < 1.29 is 0 Å². The molecule has 0 bridgehead atoms. The molecule has 0 radical (unpaired) electrons. The van der Waals surface area contributed by atoms with Crippen LogP contribution in [0.1, 0.15) is 44.5 Å². The number of nitrogens with one attached hydrogen (secondary N) is 1. The molecule has 0 aliphatic rings. The van der Waals surface area contributed by atoms with Crippen molar-refractivity contribution in [3.8, 4) is 11.2 Å². The molecule has 0 aliphatic carbocycles. The zero-order valence-electron chi connectivity index (χ0n) is 33.3. The van der Waals surface area contributed by atoms with Gasteiger partial charge in [-0.3, -0.25) is 4.90 Å². The molecule has 0 atom stereocenters. The number of fused-ring (bicyclic) bond motifs is 2. The van der Waals surface area contributed by atoms with E-state index in [1.165, 1.54) is 11.3 Å². The number of pyridine rings is 1. The van der Waals surface area contributed by atoms with Gasteiger partial charge in [0, 0.05) is 30.9 Å². The molecule has 294 valence electrons. The smallest absolute Gasteiger partial charge is 0.213 e. The summed E-state index contributed by atoms with van der Waals surface area (Å²) in [5.74, 6) is 1.32. The van der Waals surface area contributed by atoms with Crippen molar-refractivity contribution in [1.82, 2.24) is 24.7 Å². The number of thiazole rings is 2. The third-order valence-corrected chi connectivity index (χ3v) is 14.1. The zero-order chi connectivity index (χ0) is 42.0. The number of thiol groups is 4. The fourth-order valence-electron chi connectivity index (χ4n) is 7.24. The first-order valence-electron chi connectivity index (χ1n) is 18.4. The summed E-state index contributed by atoms with van der Waals surface area (Å²) < 4.78 is 3.51. The number of rotatable bonds is 8. The van der Waals surface area contributed by atoms with Gasteiger partial charge in [0.25, 0.3) is 0 Å². The number of nitrogens with zero attached hydrogens (tertiary/aromatic N) is 9. The number of hydrogen-bond donors (Lipinski definition) is 5. The number of azo groups is 1. The number of benzene rings is 4. The van der Waals surface area contributed by atoms with Crippen molar-refractivity contribution in [1.29, 1.82) is 5.26 Å². The average Bonchev–Trinajstić information content (AvgIpc) is 3.89. The monoisotopic (exact) mass is 884 g/mol. The Balaban J connectivity index is 1.36. The molecule has 0 unspecified atom stereocenters. The quantitative estimate of drug-likeness (QED) is 0.0585. The Hall–Kier alpha value is -4.83. The molecule has 1 N–H and O–H groups in total. The van der Waals surface area contributed by atoms with E-state index in [0.29, 0.717) is 33.6 Å². The number of aryl methyl sites for hydroxylation is 5. The molecule has 4 heterocycles. The third-order valence-electron chi connectivity index (χ3n) is 10.2. The van der Waals surface area contributed by atoms with Crippen molar-refractivity contribution in [3.05, 3.63) is 99.1 Å². The van der Waals surface area contributed by atoms with E-state index in [2.05, 4.69) is 81.4 Å².